The van der Waals surface area contributed by atoms with Gasteiger partial charge in [-0.1, -0.05) is 30.7 Å². The molecule has 2 aliphatic rings. The number of hydrogen-bond donors (Lipinski definition) is 3. The Hall–Kier alpha value is -2.27. The molecule has 2 heterocycles. The van der Waals surface area contributed by atoms with E-state index in [1.807, 2.05) is 19.9 Å². The minimum Gasteiger partial charge on any atom is -0.459 e. The van der Waals surface area contributed by atoms with Crippen molar-refractivity contribution in [1.82, 2.24) is 5.32 Å². The minimum atomic E-state index is -0.832. The van der Waals surface area contributed by atoms with Gasteiger partial charge in [0, 0.05) is 31.9 Å². The number of aliphatic hydroxyl groups excluding tert-OH is 2. The van der Waals surface area contributed by atoms with Crippen molar-refractivity contribution in [3.63, 3.8) is 0 Å². The fourth-order valence-electron chi connectivity index (χ4n) is 4.98. The monoisotopic (exact) mass is 533 g/mol. The summed E-state index contributed by atoms with van der Waals surface area (Å²) in [5.74, 6) is -0.761. The average molecular weight is 533 g/mol. The van der Waals surface area contributed by atoms with Gasteiger partial charge in [0.25, 0.3) is 0 Å². The standard InChI is InChI=1S/C28H44BNO8/c1-16(7-10-25-28(35)21(15-31)13-22(38-25)14-26(29)33)6-9-24-17(2)12-23(19(4)37-24)30-27(34)11-8-18(3)36-20(5)32/h6-8,10-11,17-19,21-25,28,31,35H,9,12-15,29H2,1-5H3,(H,30,34)/b10-7+,11-8-,16-6+/t17-,18+,19+,21?,22-,23+,24-,25?,28-/m0/s1. The summed E-state index contributed by atoms with van der Waals surface area (Å²) in [5.41, 5.74) is 1.01. The Morgan fingerprint density at radius 2 is 1.87 bits per heavy atom. The van der Waals surface area contributed by atoms with Gasteiger partial charge in [-0.05, 0) is 52.0 Å². The third-order valence-electron chi connectivity index (χ3n) is 7.12. The molecule has 2 fully saturated rings. The van der Waals surface area contributed by atoms with Crippen molar-refractivity contribution >= 4 is 25.4 Å². The Balaban J connectivity index is 1.89. The molecule has 2 aliphatic heterocycles. The molecule has 0 radical (unpaired) electrons. The van der Waals surface area contributed by atoms with E-state index in [1.165, 1.54) is 20.8 Å². The van der Waals surface area contributed by atoms with Gasteiger partial charge in [0.05, 0.1) is 36.1 Å². The highest BCUT2D eigenvalue weighted by atomic mass is 16.5. The number of rotatable bonds is 11. The Labute approximate surface area is 227 Å². The van der Waals surface area contributed by atoms with Crippen LogP contribution in [-0.2, 0) is 28.6 Å². The molecule has 2 saturated heterocycles. The largest absolute Gasteiger partial charge is 0.459 e. The van der Waals surface area contributed by atoms with Crippen molar-refractivity contribution < 1.29 is 38.8 Å². The van der Waals surface area contributed by atoms with Gasteiger partial charge >= 0.3 is 5.97 Å². The second kappa shape index (κ2) is 15.4. The average Bonchev–Trinajstić information content (AvgIpc) is 2.83. The van der Waals surface area contributed by atoms with Crippen molar-refractivity contribution in [3.8, 4) is 0 Å². The maximum atomic E-state index is 12.3. The summed E-state index contributed by atoms with van der Waals surface area (Å²) in [7, 11) is 1.51. The van der Waals surface area contributed by atoms with E-state index in [-0.39, 0.29) is 60.8 Å². The zero-order valence-electron chi connectivity index (χ0n) is 23.5. The van der Waals surface area contributed by atoms with Crippen LogP contribution in [0.25, 0.3) is 0 Å². The first-order chi connectivity index (χ1) is 17.9. The van der Waals surface area contributed by atoms with Crippen molar-refractivity contribution in [2.45, 2.75) is 103 Å². The van der Waals surface area contributed by atoms with Gasteiger partial charge in [-0.25, -0.2) is 0 Å². The number of amides is 1. The van der Waals surface area contributed by atoms with Gasteiger partial charge < -0.3 is 34.5 Å². The summed E-state index contributed by atoms with van der Waals surface area (Å²) >= 11 is 0. The highest BCUT2D eigenvalue weighted by Crippen LogP contribution is 2.29. The van der Waals surface area contributed by atoms with Crippen LogP contribution >= 0.6 is 0 Å². The number of allylic oxidation sites excluding steroid dienone is 2. The number of aliphatic hydroxyl groups is 2. The van der Waals surface area contributed by atoms with E-state index in [0.29, 0.717) is 12.8 Å². The first-order valence-corrected chi connectivity index (χ1v) is 13.5. The van der Waals surface area contributed by atoms with E-state index in [2.05, 4.69) is 18.3 Å². The van der Waals surface area contributed by atoms with E-state index in [1.54, 1.807) is 19.1 Å². The predicted octanol–water partition coefficient (Wildman–Crippen LogP) is 1.36. The molecule has 0 bridgehead atoms. The molecule has 3 N–H and O–H groups in total. The lowest BCUT2D eigenvalue weighted by molar-refractivity contribution is -0.143. The first kappa shape index (κ1) is 31.9. The zero-order valence-corrected chi connectivity index (χ0v) is 23.5. The van der Waals surface area contributed by atoms with Crippen LogP contribution in [0.4, 0.5) is 0 Å². The molecule has 0 aromatic rings. The third-order valence-corrected chi connectivity index (χ3v) is 7.12. The Kier molecular flexibility index (Phi) is 12.9. The van der Waals surface area contributed by atoms with Gasteiger partial charge in [-0.3, -0.25) is 9.59 Å². The van der Waals surface area contributed by atoms with Crippen molar-refractivity contribution in [3.05, 3.63) is 36.0 Å². The van der Waals surface area contributed by atoms with Crippen molar-refractivity contribution in [1.29, 1.82) is 0 Å². The summed E-state index contributed by atoms with van der Waals surface area (Å²) in [6, 6.07) is -0.125. The molecule has 1 amide bonds. The Morgan fingerprint density at radius 3 is 2.50 bits per heavy atom. The highest BCUT2D eigenvalue weighted by molar-refractivity contribution is 6.57. The molecule has 0 aromatic heterocycles. The number of carbonyl (C=O) groups is 3. The van der Waals surface area contributed by atoms with E-state index >= 15 is 0 Å². The van der Waals surface area contributed by atoms with E-state index in [9.17, 15) is 24.6 Å². The molecule has 0 saturated carbocycles. The zero-order chi connectivity index (χ0) is 28.4. The minimum absolute atomic E-state index is 0.00345. The molecule has 0 aromatic carbocycles. The number of carbonyl (C=O) groups excluding carboxylic acids is 3. The quantitative estimate of drug-likeness (QED) is 0.157. The van der Waals surface area contributed by atoms with Gasteiger partial charge in [0.2, 0.25) is 5.91 Å². The van der Waals surface area contributed by atoms with Crippen LogP contribution in [-0.4, -0.2) is 84.9 Å². The lowest BCUT2D eigenvalue weighted by Gasteiger charge is -2.39. The van der Waals surface area contributed by atoms with Crippen LogP contribution < -0.4 is 5.32 Å². The van der Waals surface area contributed by atoms with E-state index < -0.39 is 24.3 Å². The number of ether oxygens (including phenoxy) is 3. The first-order valence-electron chi connectivity index (χ1n) is 13.5. The molecule has 38 heavy (non-hydrogen) atoms. The predicted molar refractivity (Wildman–Crippen MR) is 146 cm³/mol. The van der Waals surface area contributed by atoms with Crippen LogP contribution in [0.1, 0.15) is 60.3 Å². The summed E-state index contributed by atoms with van der Waals surface area (Å²) in [5, 5.41) is 23.2. The smallest absolute Gasteiger partial charge is 0.303 e. The second-order valence-electron chi connectivity index (χ2n) is 10.7. The number of esters is 1. The molecule has 0 aliphatic carbocycles. The number of nitrogens with one attached hydrogen (secondary N) is 1. The van der Waals surface area contributed by atoms with Gasteiger partial charge in [-0.2, -0.15) is 0 Å². The van der Waals surface area contributed by atoms with E-state index in [0.717, 1.165) is 12.0 Å². The lowest BCUT2D eigenvalue weighted by atomic mass is 9.85. The van der Waals surface area contributed by atoms with Crippen LogP contribution in [0.3, 0.4) is 0 Å². The molecular formula is C28H44BNO8. The summed E-state index contributed by atoms with van der Waals surface area (Å²) in [4.78, 5) is 34.8. The topological polar surface area (TPSA) is 131 Å². The fourth-order valence-corrected chi connectivity index (χ4v) is 4.98. The summed E-state index contributed by atoms with van der Waals surface area (Å²) in [6.07, 6.45) is 8.50. The Bertz CT molecular complexity index is 903. The van der Waals surface area contributed by atoms with E-state index in [4.69, 9.17) is 14.2 Å². The van der Waals surface area contributed by atoms with Crippen LogP contribution in [0, 0.1) is 11.8 Å². The third kappa shape index (κ3) is 10.5. The maximum Gasteiger partial charge on any atom is 0.303 e. The van der Waals surface area contributed by atoms with Gasteiger partial charge in [0.1, 0.15) is 12.2 Å². The maximum absolute atomic E-state index is 12.3. The SMILES string of the molecule is BC(=O)C[C@@H]1CC(CO)[C@H](O)C(/C=C/C(C)=C/C[C@@H]2O[C@H](C)[C@H](NC(=O)/C=C\[C@@H](C)OC(C)=O)C[C@@H]2C)O1. The summed E-state index contributed by atoms with van der Waals surface area (Å²) < 4.78 is 17.1. The molecule has 9 nitrogen and oxygen atoms in total. The van der Waals surface area contributed by atoms with Gasteiger partial charge in [0.15, 0.2) is 7.85 Å². The van der Waals surface area contributed by atoms with Crippen LogP contribution in [0.15, 0.2) is 36.0 Å². The Morgan fingerprint density at radius 1 is 1.16 bits per heavy atom. The lowest BCUT2D eigenvalue weighted by Crippen LogP contribution is -2.50. The van der Waals surface area contributed by atoms with Gasteiger partial charge in [-0.15, -0.1) is 0 Å². The second-order valence-corrected chi connectivity index (χ2v) is 10.7. The summed E-state index contributed by atoms with van der Waals surface area (Å²) in [6.45, 7) is 8.87. The number of hydrogen-bond acceptors (Lipinski definition) is 8. The van der Waals surface area contributed by atoms with Crippen LogP contribution in [0.5, 0.6) is 0 Å². The molecule has 212 valence electrons. The molecule has 0 spiro atoms. The molecule has 10 heteroatoms. The van der Waals surface area contributed by atoms with Crippen molar-refractivity contribution in [2.75, 3.05) is 6.61 Å². The van der Waals surface area contributed by atoms with Crippen LogP contribution in [0.2, 0.25) is 0 Å². The molecular weight excluding hydrogens is 489 g/mol. The molecule has 2 rings (SSSR count). The van der Waals surface area contributed by atoms with Crippen molar-refractivity contribution in [2.24, 2.45) is 11.8 Å². The highest BCUT2D eigenvalue weighted by Gasteiger charge is 2.36. The molecule has 2 unspecified atom stereocenters. The fraction of sp³-hybridized carbons (Fsp3) is 0.679. The normalized spacial score (nSPS) is 33.3. The molecule has 9 atom stereocenters.